The van der Waals surface area contributed by atoms with Gasteiger partial charge in [0.25, 0.3) is 0 Å². The fourth-order valence-electron chi connectivity index (χ4n) is 2.34. The molecule has 0 unspecified atom stereocenters. The number of halogens is 2. The van der Waals surface area contributed by atoms with Gasteiger partial charge in [-0.2, -0.15) is 4.31 Å². The molecule has 1 aromatic carbocycles. The summed E-state index contributed by atoms with van der Waals surface area (Å²) in [7, 11) is -3.85. The van der Waals surface area contributed by atoms with Gasteiger partial charge in [0.2, 0.25) is 10.0 Å². The van der Waals surface area contributed by atoms with E-state index in [-0.39, 0.29) is 10.5 Å². The van der Waals surface area contributed by atoms with E-state index >= 15 is 0 Å². The van der Waals surface area contributed by atoms with Crippen molar-refractivity contribution in [1.29, 1.82) is 0 Å². The van der Waals surface area contributed by atoms with E-state index < -0.39 is 22.4 Å². The van der Waals surface area contributed by atoms with Gasteiger partial charge < -0.3 is 5.11 Å². The van der Waals surface area contributed by atoms with Gasteiger partial charge >= 0.3 is 0 Å². The molecule has 112 valence electrons. The van der Waals surface area contributed by atoms with Crippen LogP contribution in [-0.2, 0) is 16.6 Å². The number of benzene rings is 1. The lowest BCUT2D eigenvalue weighted by Crippen LogP contribution is -2.32. The molecule has 0 bridgehead atoms. The van der Waals surface area contributed by atoms with Crippen molar-refractivity contribution < 1.29 is 17.9 Å². The summed E-state index contributed by atoms with van der Waals surface area (Å²) in [5, 5.41) is 9.12. The Morgan fingerprint density at radius 3 is 2.35 bits per heavy atom. The van der Waals surface area contributed by atoms with Crippen molar-refractivity contribution >= 4 is 26.0 Å². The number of nitrogens with zero attached hydrogens (tertiary/aromatic N) is 1. The topological polar surface area (TPSA) is 57.6 Å². The molecule has 1 heterocycles. The molecule has 1 aliphatic rings. The average molecular weight is 366 g/mol. The minimum atomic E-state index is -3.85. The molecule has 2 rings (SSSR count). The van der Waals surface area contributed by atoms with Crippen molar-refractivity contribution in [3.05, 3.63) is 28.0 Å². The fourth-order valence-corrected chi connectivity index (χ4v) is 4.65. The Balaban J connectivity index is 2.45. The maximum absolute atomic E-state index is 14.2. The van der Waals surface area contributed by atoms with Gasteiger partial charge in [0, 0.05) is 23.1 Å². The van der Waals surface area contributed by atoms with E-state index in [9.17, 15) is 12.8 Å². The highest BCUT2D eigenvalue weighted by molar-refractivity contribution is 9.10. The zero-order valence-electron chi connectivity index (χ0n) is 11.0. The van der Waals surface area contributed by atoms with Crippen LogP contribution in [0.4, 0.5) is 4.39 Å². The standard InChI is InChI=1S/C13H17BrFNO3S/c14-11-7-10(9-17)13(15)12(8-11)20(18,19)16-5-3-1-2-4-6-16/h7-8,17H,1-6,9H2. The number of rotatable bonds is 3. The van der Waals surface area contributed by atoms with Gasteiger partial charge in [0.1, 0.15) is 10.7 Å². The van der Waals surface area contributed by atoms with Crippen LogP contribution in [0.5, 0.6) is 0 Å². The highest BCUT2D eigenvalue weighted by Crippen LogP contribution is 2.28. The average Bonchev–Trinajstić information content (AvgIpc) is 2.70. The molecule has 1 aromatic rings. The molecule has 7 heteroatoms. The fraction of sp³-hybridized carbons (Fsp3) is 0.538. The second-order valence-electron chi connectivity index (χ2n) is 4.85. The first-order chi connectivity index (χ1) is 9.46. The van der Waals surface area contributed by atoms with Gasteiger partial charge in [-0.25, -0.2) is 12.8 Å². The molecule has 4 nitrogen and oxygen atoms in total. The minimum absolute atomic E-state index is 0.0206. The number of sulfonamides is 1. The molecule has 1 aliphatic heterocycles. The van der Waals surface area contributed by atoms with Crippen LogP contribution in [0.3, 0.4) is 0 Å². The maximum Gasteiger partial charge on any atom is 0.246 e. The highest BCUT2D eigenvalue weighted by Gasteiger charge is 2.29. The molecular formula is C13H17BrFNO3S. The highest BCUT2D eigenvalue weighted by atomic mass is 79.9. The van der Waals surface area contributed by atoms with Gasteiger partial charge in [-0.3, -0.25) is 0 Å². The molecule has 0 aliphatic carbocycles. The summed E-state index contributed by atoms with van der Waals surface area (Å²) >= 11 is 3.16. The van der Waals surface area contributed by atoms with Crippen LogP contribution >= 0.6 is 15.9 Å². The lowest BCUT2D eigenvalue weighted by atomic mass is 10.2. The first kappa shape index (κ1) is 15.9. The number of hydrogen-bond donors (Lipinski definition) is 1. The summed E-state index contributed by atoms with van der Waals surface area (Å²) in [5.41, 5.74) is -0.0206. The van der Waals surface area contributed by atoms with Crippen molar-refractivity contribution in [2.45, 2.75) is 37.2 Å². The quantitative estimate of drug-likeness (QED) is 0.895. The van der Waals surface area contributed by atoms with E-state index in [0.29, 0.717) is 17.6 Å². The smallest absolute Gasteiger partial charge is 0.246 e. The Morgan fingerprint density at radius 1 is 1.20 bits per heavy atom. The van der Waals surface area contributed by atoms with Crippen molar-refractivity contribution in [1.82, 2.24) is 4.31 Å². The lowest BCUT2D eigenvalue weighted by molar-refractivity contribution is 0.274. The molecule has 0 amide bonds. The summed E-state index contributed by atoms with van der Waals surface area (Å²) in [5.74, 6) is -0.861. The van der Waals surface area contributed by atoms with Gasteiger partial charge in [-0.1, -0.05) is 28.8 Å². The van der Waals surface area contributed by atoms with Crippen LogP contribution in [-0.4, -0.2) is 30.9 Å². The number of aliphatic hydroxyl groups is 1. The second-order valence-corrected chi connectivity index (χ2v) is 7.68. The zero-order valence-corrected chi connectivity index (χ0v) is 13.4. The van der Waals surface area contributed by atoms with Gasteiger partial charge in [-0.05, 0) is 25.0 Å². The van der Waals surface area contributed by atoms with Crippen molar-refractivity contribution in [2.75, 3.05) is 13.1 Å². The third-order valence-corrected chi connectivity index (χ3v) is 5.79. The monoisotopic (exact) mass is 365 g/mol. The molecule has 1 fully saturated rings. The predicted octanol–water partition coefficient (Wildman–Crippen LogP) is 2.65. The van der Waals surface area contributed by atoms with Crippen LogP contribution in [0.2, 0.25) is 0 Å². The van der Waals surface area contributed by atoms with E-state index in [2.05, 4.69) is 15.9 Å². The molecule has 0 saturated carbocycles. The molecule has 20 heavy (non-hydrogen) atoms. The number of aliphatic hydroxyl groups excluding tert-OH is 1. The van der Waals surface area contributed by atoms with Crippen LogP contribution in [0.25, 0.3) is 0 Å². The Morgan fingerprint density at radius 2 is 1.80 bits per heavy atom. The molecule has 0 atom stereocenters. The van der Waals surface area contributed by atoms with E-state index in [1.807, 2.05) is 0 Å². The van der Waals surface area contributed by atoms with Crippen molar-refractivity contribution in [2.24, 2.45) is 0 Å². The zero-order chi connectivity index (χ0) is 14.8. The molecule has 0 radical (unpaired) electrons. The van der Waals surface area contributed by atoms with Crippen molar-refractivity contribution in [3.63, 3.8) is 0 Å². The summed E-state index contributed by atoms with van der Waals surface area (Å²) in [6, 6.07) is 2.64. The Kier molecular flexibility index (Phi) is 5.17. The van der Waals surface area contributed by atoms with Crippen LogP contribution in [0.1, 0.15) is 31.2 Å². The summed E-state index contributed by atoms with van der Waals surface area (Å²) in [6.07, 6.45) is 3.58. The van der Waals surface area contributed by atoms with Gasteiger partial charge in [-0.15, -0.1) is 0 Å². The first-order valence-electron chi connectivity index (χ1n) is 6.55. The third kappa shape index (κ3) is 3.21. The van der Waals surface area contributed by atoms with Gasteiger partial charge in [0.15, 0.2) is 0 Å². The van der Waals surface area contributed by atoms with Crippen LogP contribution in [0.15, 0.2) is 21.5 Å². The van der Waals surface area contributed by atoms with Crippen molar-refractivity contribution in [3.8, 4) is 0 Å². The molecule has 0 spiro atoms. The molecule has 1 saturated heterocycles. The van der Waals surface area contributed by atoms with E-state index in [0.717, 1.165) is 25.7 Å². The molecular weight excluding hydrogens is 349 g/mol. The van der Waals surface area contributed by atoms with E-state index in [4.69, 9.17) is 5.11 Å². The van der Waals surface area contributed by atoms with Crippen LogP contribution in [0, 0.1) is 5.82 Å². The third-order valence-electron chi connectivity index (χ3n) is 3.43. The Hall–Kier alpha value is -0.500. The normalized spacial score (nSPS) is 17.9. The molecule has 1 N–H and O–H groups in total. The summed E-state index contributed by atoms with van der Waals surface area (Å²) in [4.78, 5) is -0.363. The minimum Gasteiger partial charge on any atom is -0.392 e. The molecule has 0 aromatic heterocycles. The van der Waals surface area contributed by atoms with E-state index in [1.165, 1.54) is 16.4 Å². The van der Waals surface area contributed by atoms with Crippen LogP contribution < -0.4 is 0 Å². The second kappa shape index (κ2) is 6.51. The SMILES string of the molecule is O=S(=O)(c1cc(Br)cc(CO)c1F)N1CCCCCC1. The number of hydrogen-bond acceptors (Lipinski definition) is 3. The first-order valence-corrected chi connectivity index (χ1v) is 8.79. The largest absolute Gasteiger partial charge is 0.392 e. The summed E-state index contributed by atoms with van der Waals surface area (Å²) < 4.78 is 41.1. The van der Waals surface area contributed by atoms with Gasteiger partial charge in [0.05, 0.1) is 6.61 Å². The maximum atomic E-state index is 14.2. The van der Waals surface area contributed by atoms with E-state index in [1.54, 1.807) is 0 Å². The predicted molar refractivity (Wildman–Crippen MR) is 77.2 cm³/mol. The lowest BCUT2D eigenvalue weighted by Gasteiger charge is -2.21. The Bertz CT molecular complexity index is 584. The Labute approximate surface area is 126 Å². The summed E-state index contributed by atoms with van der Waals surface area (Å²) in [6.45, 7) is 0.305.